The van der Waals surface area contributed by atoms with Crippen LogP contribution in [0.15, 0.2) is 54.6 Å². The van der Waals surface area contributed by atoms with Crippen LogP contribution in [0.4, 0.5) is 5.69 Å². The summed E-state index contributed by atoms with van der Waals surface area (Å²) in [5.74, 6) is 1.30. The third kappa shape index (κ3) is 4.63. The van der Waals surface area contributed by atoms with Gasteiger partial charge in [0.25, 0.3) is 0 Å². The first-order valence-corrected chi connectivity index (χ1v) is 9.02. The molecule has 1 saturated heterocycles. The summed E-state index contributed by atoms with van der Waals surface area (Å²) in [5.41, 5.74) is 0.697. The molecule has 1 heterocycles. The molecular weight excluding hydrogens is 328 g/mol. The average Bonchev–Trinajstić information content (AvgIpc) is 2.68. The van der Waals surface area contributed by atoms with Crippen LogP contribution in [0.25, 0.3) is 0 Å². The lowest BCUT2D eigenvalue weighted by molar-refractivity contribution is -0.132. The molecule has 1 fully saturated rings. The van der Waals surface area contributed by atoms with E-state index in [2.05, 4.69) is 0 Å². The molecule has 0 atom stereocenters. The number of likely N-dealkylation sites (tertiary alicyclic amines) is 1. The Bertz CT molecular complexity index is 738. The maximum atomic E-state index is 12.5. The van der Waals surface area contributed by atoms with Gasteiger partial charge in [0.05, 0.1) is 0 Å². The average molecular weight is 352 g/mol. The molecule has 2 aromatic rings. The predicted molar refractivity (Wildman–Crippen MR) is 101 cm³/mol. The summed E-state index contributed by atoms with van der Waals surface area (Å²) in [6.45, 7) is 3.13. The number of carbonyl (C=O) groups is 2. The molecule has 1 aliphatic rings. The maximum Gasteiger partial charge on any atom is 0.242 e. The van der Waals surface area contributed by atoms with E-state index in [1.165, 1.54) is 18.2 Å². The topological polar surface area (TPSA) is 49.9 Å². The first-order chi connectivity index (χ1) is 12.6. The zero-order chi connectivity index (χ0) is 18.4. The Balaban J connectivity index is 1.67. The highest BCUT2D eigenvalue weighted by Crippen LogP contribution is 2.24. The van der Waals surface area contributed by atoms with Crippen LogP contribution in [0.2, 0.25) is 0 Å². The minimum absolute atomic E-state index is 0.00418. The number of carbonyl (C=O) groups excluding carboxylic acids is 2. The van der Waals surface area contributed by atoms with E-state index in [1.54, 1.807) is 0 Å². The first-order valence-electron chi connectivity index (χ1n) is 9.02. The summed E-state index contributed by atoms with van der Waals surface area (Å²) in [6.07, 6.45) is 3.25. The van der Waals surface area contributed by atoms with Crippen molar-refractivity contribution in [2.45, 2.75) is 26.2 Å². The number of benzene rings is 2. The lowest BCUT2D eigenvalue weighted by Crippen LogP contribution is -2.44. The summed E-state index contributed by atoms with van der Waals surface area (Å²) in [6, 6.07) is 16.8. The van der Waals surface area contributed by atoms with Crippen molar-refractivity contribution < 1.29 is 14.3 Å². The van der Waals surface area contributed by atoms with Gasteiger partial charge < -0.3 is 14.5 Å². The molecule has 5 nitrogen and oxygen atoms in total. The Morgan fingerprint density at radius 2 is 1.54 bits per heavy atom. The Kier molecular flexibility index (Phi) is 5.89. The van der Waals surface area contributed by atoms with E-state index in [0.717, 1.165) is 31.7 Å². The predicted octanol–water partition coefficient (Wildman–Crippen LogP) is 3.84. The van der Waals surface area contributed by atoms with E-state index in [0.29, 0.717) is 11.4 Å². The molecule has 0 saturated carbocycles. The molecule has 0 bridgehead atoms. The largest absolute Gasteiger partial charge is 0.457 e. The molecule has 0 radical (unpaired) electrons. The van der Waals surface area contributed by atoms with Crippen molar-refractivity contribution >= 4 is 17.5 Å². The van der Waals surface area contributed by atoms with Crippen molar-refractivity contribution in [2.75, 3.05) is 24.5 Å². The Morgan fingerprint density at radius 1 is 0.923 bits per heavy atom. The second kappa shape index (κ2) is 8.52. The number of rotatable bonds is 5. The van der Waals surface area contributed by atoms with Crippen LogP contribution < -0.4 is 9.64 Å². The van der Waals surface area contributed by atoms with Crippen LogP contribution >= 0.6 is 0 Å². The molecule has 0 aromatic heterocycles. The van der Waals surface area contributed by atoms with Gasteiger partial charge in [0.1, 0.15) is 18.0 Å². The summed E-state index contributed by atoms with van der Waals surface area (Å²) in [5, 5.41) is 0. The van der Waals surface area contributed by atoms with Crippen molar-refractivity contribution in [3.8, 4) is 11.5 Å². The quantitative estimate of drug-likeness (QED) is 0.821. The number of para-hydroxylation sites is 1. The summed E-state index contributed by atoms with van der Waals surface area (Å²) in [7, 11) is 0. The summed E-state index contributed by atoms with van der Waals surface area (Å²) < 4.78 is 5.77. The van der Waals surface area contributed by atoms with Gasteiger partial charge in [-0.15, -0.1) is 0 Å². The van der Waals surface area contributed by atoms with Gasteiger partial charge in [-0.1, -0.05) is 18.2 Å². The molecule has 0 aliphatic carbocycles. The van der Waals surface area contributed by atoms with Gasteiger partial charge in [0.15, 0.2) is 0 Å². The lowest BCUT2D eigenvalue weighted by atomic mass is 10.1. The van der Waals surface area contributed by atoms with Gasteiger partial charge in [-0.2, -0.15) is 0 Å². The van der Waals surface area contributed by atoms with Crippen LogP contribution in [0.5, 0.6) is 11.5 Å². The Morgan fingerprint density at radius 3 is 2.15 bits per heavy atom. The van der Waals surface area contributed by atoms with Crippen LogP contribution in [-0.2, 0) is 9.59 Å². The van der Waals surface area contributed by atoms with Crippen LogP contribution in [0, 0.1) is 0 Å². The molecule has 0 unspecified atom stereocenters. The Hall–Kier alpha value is -2.82. The molecular formula is C21H24N2O3. The smallest absolute Gasteiger partial charge is 0.242 e. The zero-order valence-corrected chi connectivity index (χ0v) is 15.1. The molecule has 2 aromatic carbocycles. The highest BCUT2D eigenvalue weighted by Gasteiger charge is 2.21. The Labute approximate surface area is 154 Å². The van der Waals surface area contributed by atoms with E-state index in [4.69, 9.17) is 4.74 Å². The summed E-state index contributed by atoms with van der Waals surface area (Å²) >= 11 is 0. The fraction of sp³-hybridized carbons (Fsp3) is 0.333. The molecule has 136 valence electrons. The molecule has 0 spiro atoms. The molecule has 1 aliphatic heterocycles. The second-order valence-electron chi connectivity index (χ2n) is 6.46. The minimum atomic E-state index is -0.146. The fourth-order valence-corrected chi connectivity index (χ4v) is 3.08. The third-order valence-corrected chi connectivity index (χ3v) is 4.51. The first kappa shape index (κ1) is 18.0. The number of piperidine rings is 1. The monoisotopic (exact) mass is 352 g/mol. The molecule has 3 rings (SSSR count). The van der Waals surface area contributed by atoms with Gasteiger partial charge in [-0.3, -0.25) is 9.59 Å². The normalized spacial score (nSPS) is 14.0. The third-order valence-electron chi connectivity index (χ3n) is 4.51. The van der Waals surface area contributed by atoms with Crippen molar-refractivity contribution in [3.63, 3.8) is 0 Å². The number of nitrogens with zero attached hydrogens (tertiary/aromatic N) is 2. The standard InChI is InChI=1S/C21H24N2O3/c1-17(24)23(16-21(25)22-14-6-3-7-15-22)18-10-12-20(13-11-18)26-19-8-4-2-5-9-19/h2,4-5,8-13H,3,6-7,14-16H2,1H3. The van der Waals surface area contributed by atoms with E-state index < -0.39 is 0 Å². The maximum absolute atomic E-state index is 12.5. The molecule has 0 N–H and O–H groups in total. The molecule has 2 amide bonds. The van der Waals surface area contributed by atoms with Crippen molar-refractivity contribution in [1.82, 2.24) is 4.90 Å². The number of hydrogen-bond donors (Lipinski definition) is 0. The van der Waals surface area contributed by atoms with Crippen molar-refractivity contribution in [3.05, 3.63) is 54.6 Å². The zero-order valence-electron chi connectivity index (χ0n) is 15.1. The highest BCUT2D eigenvalue weighted by atomic mass is 16.5. The molecule has 5 heteroatoms. The van der Waals surface area contributed by atoms with Crippen LogP contribution in [-0.4, -0.2) is 36.3 Å². The van der Waals surface area contributed by atoms with E-state index in [-0.39, 0.29) is 18.4 Å². The number of amides is 2. The van der Waals surface area contributed by atoms with Crippen molar-refractivity contribution in [1.29, 1.82) is 0 Å². The number of anilines is 1. The van der Waals surface area contributed by atoms with Gasteiger partial charge >= 0.3 is 0 Å². The van der Waals surface area contributed by atoms with Gasteiger partial charge in [0.2, 0.25) is 11.8 Å². The summed E-state index contributed by atoms with van der Waals surface area (Å²) in [4.78, 5) is 27.9. The lowest BCUT2D eigenvalue weighted by Gasteiger charge is -2.29. The minimum Gasteiger partial charge on any atom is -0.457 e. The van der Waals surface area contributed by atoms with Crippen LogP contribution in [0.1, 0.15) is 26.2 Å². The second-order valence-corrected chi connectivity index (χ2v) is 6.46. The number of ether oxygens (including phenoxy) is 1. The van der Waals surface area contributed by atoms with Gasteiger partial charge in [-0.25, -0.2) is 0 Å². The van der Waals surface area contributed by atoms with E-state index in [9.17, 15) is 9.59 Å². The van der Waals surface area contributed by atoms with Crippen molar-refractivity contribution in [2.24, 2.45) is 0 Å². The van der Waals surface area contributed by atoms with E-state index in [1.807, 2.05) is 59.5 Å². The van der Waals surface area contributed by atoms with Gasteiger partial charge in [-0.05, 0) is 55.7 Å². The van der Waals surface area contributed by atoms with E-state index >= 15 is 0 Å². The molecule has 26 heavy (non-hydrogen) atoms. The number of hydrogen-bond acceptors (Lipinski definition) is 3. The van der Waals surface area contributed by atoms with Crippen LogP contribution in [0.3, 0.4) is 0 Å². The SMILES string of the molecule is CC(=O)N(CC(=O)N1CCCCC1)c1ccc(Oc2ccccc2)cc1. The fourth-order valence-electron chi connectivity index (χ4n) is 3.08. The highest BCUT2D eigenvalue weighted by molar-refractivity contribution is 5.97. The van der Waals surface area contributed by atoms with Gasteiger partial charge in [0, 0.05) is 25.7 Å².